The summed E-state index contributed by atoms with van der Waals surface area (Å²) in [5, 5.41) is 10.3. The van der Waals surface area contributed by atoms with Crippen molar-refractivity contribution in [2.45, 2.75) is 31.7 Å². The summed E-state index contributed by atoms with van der Waals surface area (Å²) < 4.78 is 0. The molecular weight excluding hydrogens is 252 g/mol. The first kappa shape index (κ1) is 13.2. The Morgan fingerprint density at radius 3 is 3.10 bits per heavy atom. The largest absolute Gasteiger partial charge is 0.396 e. The zero-order chi connectivity index (χ0) is 13.9. The van der Waals surface area contributed by atoms with Crippen LogP contribution >= 0.6 is 0 Å². The summed E-state index contributed by atoms with van der Waals surface area (Å²) >= 11 is 0. The summed E-state index contributed by atoms with van der Waals surface area (Å²) in [7, 11) is 0. The summed E-state index contributed by atoms with van der Waals surface area (Å²) in [6.45, 7) is 0.941. The number of carbonyl (C=O) groups is 1. The van der Waals surface area contributed by atoms with Crippen LogP contribution in [-0.4, -0.2) is 40.1 Å². The molecule has 3 rings (SSSR count). The van der Waals surface area contributed by atoms with Gasteiger partial charge in [0.15, 0.2) is 0 Å². The number of H-pyrrole nitrogens is 1. The van der Waals surface area contributed by atoms with E-state index in [-0.39, 0.29) is 18.6 Å². The molecule has 1 unspecified atom stereocenters. The maximum absolute atomic E-state index is 12.7. The fraction of sp³-hybridized carbons (Fsp3) is 0.438. The number of aromatic nitrogens is 1. The van der Waals surface area contributed by atoms with E-state index in [0.29, 0.717) is 6.42 Å². The van der Waals surface area contributed by atoms with Crippen LogP contribution in [0.5, 0.6) is 0 Å². The Balaban J connectivity index is 1.85. The van der Waals surface area contributed by atoms with Gasteiger partial charge in [-0.25, -0.2) is 0 Å². The molecule has 1 aromatic heterocycles. The van der Waals surface area contributed by atoms with E-state index in [1.165, 1.54) is 0 Å². The summed E-state index contributed by atoms with van der Waals surface area (Å²) in [4.78, 5) is 17.8. The topological polar surface area (TPSA) is 56.3 Å². The summed E-state index contributed by atoms with van der Waals surface area (Å²) in [6.07, 6.45) is 5.75. The molecule has 1 saturated heterocycles. The highest BCUT2D eigenvalue weighted by molar-refractivity contribution is 5.98. The average molecular weight is 272 g/mol. The Labute approximate surface area is 118 Å². The highest BCUT2D eigenvalue weighted by Crippen LogP contribution is 2.23. The number of aromatic amines is 1. The molecule has 1 aromatic carbocycles. The molecule has 4 nitrogen and oxygen atoms in total. The van der Waals surface area contributed by atoms with E-state index < -0.39 is 0 Å². The van der Waals surface area contributed by atoms with Crippen molar-refractivity contribution in [1.29, 1.82) is 0 Å². The minimum absolute atomic E-state index is 0.0830. The third-order valence-electron chi connectivity index (χ3n) is 4.15. The lowest BCUT2D eigenvalue weighted by molar-refractivity contribution is 0.0575. The third-order valence-corrected chi connectivity index (χ3v) is 4.15. The van der Waals surface area contributed by atoms with Crippen molar-refractivity contribution >= 4 is 16.8 Å². The minimum Gasteiger partial charge on any atom is -0.396 e. The summed E-state index contributed by atoms with van der Waals surface area (Å²) in [6, 6.07) is 7.97. The van der Waals surface area contributed by atoms with E-state index in [2.05, 4.69) is 4.98 Å². The number of hydrogen-bond donors (Lipinski definition) is 2. The molecule has 1 fully saturated rings. The molecule has 0 radical (unpaired) electrons. The van der Waals surface area contributed by atoms with E-state index in [9.17, 15) is 4.79 Å². The van der Waals surface area contributed by atoms with Crippen molar-refractivity contribution in [2.24, 2.45) is 0 Å². The molecule has 1 atom stereocenters. The summed E-state index contributed by atoms with van der Waals surface area (Å²) in [5.41, 5.74) is 1.72. The molecule has 4 heteroatoms. The number of rotatable bonds is 3. The molecule has 2 heterocycles. The van der Waals surface area contributed by atoms with Crippen molar-refractivity contribution in [3.05, 3.63) is 36.0 Å². The van der Waals surface area contributed by atoms with Gasteiger partial charge < -0.3 is 15.0 Å². The molecule has 2 aromatic rings. The molecule has 0 saturated carbocycles. The van der Waals surface area contributed by atoms with Gasteiger partial charge >= 0.3 is 0 Å². The predicted octanol–water partition coefficient (Wildman–Crippen LogP) is 2.55. The maximum atomic E-state index is 12.7. The van der Waals surface area contributed by atoms with Crippen molar-refractivity contribution < 1.29 is 9.90 Å². The molecule has 2 N–H and O–H groups in total. The number of amides is 1. The predicted molar refractivity (Wildman–Crippen MR) is 78.7 cm³/mol. The van der Waals surface area contributed by atoms with Crippen molar-refractivity contribution in [3.63, 3.8) is 0 Å². The molecule has 0 aliphatic carbocycles. The van der Waals surface area contributed by atoms with Gasteiger partial charge in [0, 0.05) is 36.5 Å². The molecular formula is C16H20N2O2. The van der Waals surface area contributed by atoms with Crippen molar-refractivity contribution in [1.82, 2.24) is 9.88 Å². The third kappa shape index (κ3) is 2.43. The van der Waals surface area contributed by atoms with Crippen molar-refractivity contribution in [2.75, 3.05) is 13.2 Å². The molecule has 1 aliphatic rings. The highest BCUT2D eigenvalue weighted by Gasteiger charge is 2.27. The van der Waals surface area contributed by atoms with Gasteiger partial charge in [-0.3, -0.25) is 4.79 Å². The van der Waals surface area contributed by atoms with E-state index in [1.54, 1.807) is 0 Å². The van der Waals surface area contributed by atoms with E-state index in [0.717, 1.165) is 42.3 Å². The molecule has 106 valence electrons. The van der Waals surface area contributed by atoms with Gasteiger partial charge in [0.2, 0.25) is 0 Å². The summed E-state index contributed by atoms with van der Waals surface area (Å²) in [5.74, 6) is 0.0830. The first-order valence-electron chi connectivity index (χ1n) is 7.28. The minimum atomic E-state index is 0.0830. The van der Waals surface area contributed by atoms with Crippen LogP contribution < -0.4 is 0 Å². The number of carbonyl (C=O) groups excluding carboxylic acids is 1. The van der Waals surface area contributed by atoms with Crippen LogP contribution in [0, 0.1) is 0 Å². The quantitative estimate of drug-likeness (QED) is 0.902. The van der Waals surface area contributed by atoms with Crippen LogP contribution in [0.25, 0.3) is 10.9 Å². The Kier molecular flexibility index (Phi) is 3.74. The highest BCUT2D eigenvalue weighted by atomic mass is 16.3. The SMILES string of the molecule is O=C(c1ccc2cc[nH]c2c1)N1CCCCC1CCO. The second-order valence-corrected chi connectivity index (χ2v) is 5.44. The average Bonchev–Trinajstić information content (AvgIpc) is 2.95. The van der Waals surface area contributed by atoms with Crippen LogP contribution in [0.1, 0.15) is 36.0 Å². The maximum Gasteiger partial charge on any atom is 0.254 e. The second kappa shape index (κ2) is 5.67. The fourth-order valence-electron chi connectivity index (χ4n) is 3.06. The van der Waals surface area contributed by atoms with Gasteiger partial charge in [-0.1, -0.05) is 6.07 Å². The van der Waals surface area contributed by atoms with Gasteiger partial charge in [-0.05, 0) is 49.3 Å². The standard InChI is InChI=1S/C16H20N2O2/c19-10-7-14-3-1-2-9-18(14)16(20)13-5-4-12-6-8-17-15(12)11-13/h4-6,8,11,14,17,19H,1-3,7,9-10H2. The zero-order valence-electron chi connectivity index (χ0n) is 11.5. The number of benzene rings is 1. The van der Waals surface area contributed by atoms with E-state index in [1.807, 2.05) is 35.4 Å². The van der Waals surface area contributed by atoms with Gasteiger partial charge in [0.05, 0.1) is 0 Å². The Morgan fingerprint density at radius 1 is 1.35 bits per heavy atom. The van der Waals surface area contributed by atoms with E-state index >= 15 is 0 Å². The number of nitrogens with one attached hydrogen (secondary N) is 1. The lowest BCUT2D eigenvalue weighted by Crippen LogP contribution is -2.44. The Morgan fingerprint density at radius 2 is 2.25 bits per heavy atom. The number of aliphatic hydroxyl groups is 1. The van der Waals surface area contributed by atoms with Gasteiger partial charge in [-0.15, -0.1) is 0 Å². The Bertz CT molecular complexity index is 603. The number of aliphatic hydroxyl groups excluding tert-OH is 1. The molecule has 0 bridgehead atoms. The first-order chi connectivity index (χ1) is 9.79. The van der Waals surface area contributed by atoms with Crippen LogP contribution in [-0.2, 0) is 0 Å². The van der Waals surface area contributed by atoms with E-state index in [4.69, 9.17) is 5.11 Å². The smallest absolute Gasteiger partial charge is 0.254 e. The number of fused-ring (bicyclic) bond motifs is 1. The number of likely N-dealkylation sites (tertiary alicyclic amines) is 1. The molecule has 20 heavy (non-hydrogen) atoms. The van der Waals surface area contributed by atoms with Gasteiger partial charge in [0.25, 0.3) is 5.91 Å². The van der Waals surface area contributed by atoms with Crippen molar-refractivity contribution in [3.8, 4) is 0 Å². The lowest BCUT2D eigenvalue weighted by atomic mass is 9.98. The molecule has 1 aliphatic heterocycles. The fourth-order valence-corrected chi connectivity index (χ4v) is 3.06. The normalized spacial score (nSPS) is 19.4. The molecule has 1 amide bonds. The van der Waals surface area contributed by atoms with Crippen LogP contribution in [0.2, 0.25) is 0 Å². The van der Waals surface area contributed by atoms with Gasteiger partial charge in [-0.2, -0.15) is 0 Å². The van der Waals surface area contributed by atoms with Crippen LogP contribution in [0.4, 0.5) is 0 Å². The van der Waals surface area contributed by atoms with Crippen LogP contribution in [0.3, 0.4) is 0 Å². The lowest BCUT2D eigenvalue weighted by Gasteiger charge is -2.35. The second-order valence-electron chi connectivity index (χ2n) is 5.44. The molecule has 0 spiro atoms. The Hall–Kier alpha value is -1.81. The number of hydrogen-bond acceptors (Lipinski definition) is 2. The number of nitrogens with zero attached hydrogens (tertiary/aromatic N) is 1. The zero-order valence-corrected chi connectivity index (χ0v) is 11.5. The first-order valence-corrected chi connectivity index (χ1v) is 7.28. The van der Waals surface area contributed by atoms with Crippen LogP contribution in [0.15, 0.2) is 30.5 Å². The monoisotopic (exact) mass is 272 g/mol. The number of piperidine rings is 1. The van der Waals surface area contributed by atoms with Gasteiger partial charge in [0.1, 0.15) is 0 Å².